The van der Waals surface area contributed by atoms with E-state index >= 15 is 0 Å². The summed E-state index contributed by atoms with van der Waals surface area (Å²) in [5, 5.41) is 3.09. The van der Waals surface area contributed by atoms with Gasteiger partial charge in [-0.1, -0.05) is 0 Å². The highest BCUT2D eigenvalue weighted by Crippen LogP contribution is 2.19. The molecule has 2 rings (SSSR count). The number of hydrogen-bond donors (Lipinski definition) is 1. The second kappa shape index (κ2) is 5.61. The molecule has 5 nitrogen and oxygen atoms in total. The first kappa shape index (κ1) is 11.8. The van der Waals surface area contributed by atoms with Gasteiger partial charge in [0.1, 0.15) is 6.04 Å². The Morgan fingerprint density at radius 2 is 2.31 bits per heavy atom. The highest BCUT2D eigenvalue weighted by Gasteiger charge is 2.32. The number of methoxy groups -OCH3 is 1. The Labute approximate surface area is 95.4 Å². The molecule has 1 unspecified atom stereocenters. The molecule has 2 saturated heterocycles. The molecule has 2 aliphatic heterocycles. The minimum atomic E-state index is -0.224. The topological polar surface area (TPSA) is 56.8 Å². The second-order valence-electron chi connectivity index (χ2n) is 4.27. The minimum absolute atomic E-state index is 0.0622. The van der Waals surface area contributed by atoms with Crippen molar-refractivity contribution in [2.75, 3.05) is 20.3 Å². The normalized spacial score (nSPS) is 34.9. The number of hydrogen-bond acceptors (Lipinski definition) is 5. The zero-order valence-electron chi connectivity index (χ0n) is 9.61. The van der Waals surface area contributed by atoms with Gasteiger partial charge in [-0.05, 0) is 19.3 Å². The van der Waals surface area contributed by atoms with Gasteiger partial charge in [0.15, 0.2) is 6.29 Å². The molecule has 0 spiro atoms. The first-order valence-electron chi connectivity index (χ1n) is 5.88. The van der Waals surface area contributed by atoms with Gasteiger partial charge in [-0.15, -0.1) is 0 Å². The summed E-state index contributed by atoms with van der Waals surface area (Å²) in [5.74, 6) is -0.212. The number of carbonyl (C=O) groups excluding carboxylic acids is 1. The van der Waals surface area contributed by atoms with E-state index in [1.165, 1.54) is 7.11 Å². The summed E-state index contributed by atoms with van der Waals surface area (Å²) in [6.45, 7) is 1.48. The first-order chi connectivity index (χ1) is 7.79. The van der Waals surface area contributed by atoms with E-state index < -0.39 is 0 Å². The molecule has 16 heavy (non-hydrogen) atoms. The number of carbonyl (C=O) groups is 1. The van der Waals surface area contributed by atoms with Gasteiger partial charge in [-0.25, -0.2) is 0 Å². The third kappa shape index (κ3) is 2.93. The molecule has 3 atom stereocenters. The Hall–Kier alpha value is -0.650. The standard InChI is InChI=1S/C11H19NO4/c1-14-11(13)9-6-8(7-12-9)16-10-4-2-3-5-15-10/h8-10,12H,2-7H2,1H3/t8-,9-,10?/m0/s1. The molecule has 2 aliphatic rings. The number of nitrogens with one attached hydrogen (secondary N) is 1. The molecule has 0 saturated carbocycles. The summed E-state index contributed by atoms with van der Waals surface area (Å²) in [4.78, 5) is 11.3. The van der Waals surface area contributed by atoms with Crippen molar-refractivity contribution >= 4 is 5.97 Å². The molecule has 0 bridgehead atoms. The van der Waals surface area contributed by atoms with Gasteiger partial charge < -0.3 is 19.5 Å². The quantitative estimate of drug-likeness (QED) is 0.711. The molecule has 2 fully saturated rings. The van der Waals surface area contributed by atoms with Crippen LogP contribution in [0.2, 0.25) is 0 Å². The van der Waals surface area contributed by atoms with Crippen LogP contribution < -0.4 is 5.32 Å². The lowest BCUT2D eigenvalue weighted by Crippen LogP contribution is -2.31. The largest absolute Gasteiger partial charge is 0.468 e. The fourth-order valence-corrected chi connectivity index (χ4v) is 2.16. The van der Waals surface area contributed by atoms with Gasteiger partial charge in [-0.3, -0.25) is 4.79 Å². The fraction of sp³-hybridized carbons (Fsp3) is 0.909. The number of rotatable bonds is 3. The summed E-state index contributed by atoms with van der Waals surface area (Å²) in [7, 11) is 1.41. The molecule has 0 aromatic rings. The SMILES string of the molecule is COC(=O)[C@@H]1C[C@H](OC2CCCCO2)CN1. The molecule has 0 aromatic heterocycles. The zero-order chi connectivity index (χ0) is 11.4. The minimum Gasteiger partial charge on any atom is -0.468 e. The molecule has 0 amide bonds. The van der Waals surface area contributed by atoms with Crippen LogP contribution in [0.15, 0.2) is 0 Å². The maximum absolute atomic E-state index is 11.3. The highest BCUT2D eigenvalue weighted by molar-refractivity contribution is 5.76. The first-order valence-corrected chi connectivity index (χ1v) is 5.88. The molecule has 0 radical (unpaired) electrons. The van der Waals surface area contributed by atoms with Gasteiger partial charge in [0.2, 0.25) is 0 Å². The van der Waals surface area contributed by atoms with Crippen molar-refractivity contribution in [1.29, 1.82) is 0 Å². The van der Waals surface area contributed by atoms with Crippen molar-refractivity contribution in [3.8, 4) is 0 Å². The van der Waals surface area contributed by atoms with Gasteiger partial charge >= 0.3 is 5.97 Å². The summed E-state index contributed by atoms with van der Waals surface area (Å²) in [6.07, 6.45) is 3.88. The van der Waals surface area contributed by atoms with E-state index in [-0.39, 0.29) is 24.4 Å². The van der Waals surface area contributed by atoms with Gasteiger partial charge in [0, 0.05) is 19.6 Å². The van der Waals surface area contributed by atoms with E-state index in [1.54, 1.807) is 0 Å². The van der Waals surface area contributed by atoms with Crippen molar-refractivity contribution in [3.05, 3.63) is 0 Å². The maximum Gasteiger partial charge on any atom is 0.322 e. The van der Waals surface area contributed by atoms with Crippen molar-refractivity contribution in [2.45, 2.75) is 44.1 Å². The Bertz CT molecular complexity index is 240. The van der Waals surface area contributed by atoms with Crippen molar-refractivity contribution in [3.63, 3.8) is 0 Å². The van der Waals surface area contributed by atoms with Crippen LogP contribution in [-0.2, 0) is 19.0 Å². The van der Waals surface area contributed by atoms with Gasteiger partial charge in [-0.2, -0.15) is 0 Å². The molecule has 0 aliphatic carbocycles. The Morgan fingerprint density at radius 3 is 3.00 bits per heavy atom. The fourth-order valence-electron chi connectivity index (χ4n) is 2.16. The van der Waals surface area contributed by atoms with Gasteiger partial charge in [0.05, 0.1) is 13.2 Å². The molecular weight excluding hydrogens is 210 g/mol. The predicted octanol–water partition coefficient (Wildman–Crippen LogP) is 0.433. The van der Waals surface area contributed by atoms with E-state index in [2.05, 4.69) is 10.1 Å². The van der Waals surface area contributed by atoms with Crippen LogP contribution in [0.1, 0.15) is 25.7 Å². The average Bonchev–Trinajstić information content (AvgIpc) is 2.78. The van der Waals surface area contributed by atoms with Gasteiger partial charge in [0.25, 0.3) is 0 Å². The molecule has 0 aromatic carbocycles. The van der Waals surface area contributed by atoms with Crippen LogP contribution in [0, 0.1) is 0 Å². The highest BCUT2D eigenvalue weighted by atomic mass is 16.7. The van der Waals surface area contributed by atoms with Crippen molar-refractivity contribution in [2.24, 2.45) is 0 Å². The average molecular weight is 229 g/mol. The van der Waals surface area contributed by atoms with Crippen LogP contribution in [0.5, 0.6) is 0 Å². The summed E-state index contributed by atoms with van der Waals surface area (Å²) >= 11 is 0. The van der Waals surface area contributed by atoms with Crippen molar-refractivity contribution < 1.29 is 19.0 Å². The van der Waals surface area contributed by atoms with Crippen LogP contribution in [0.3, 0.4) is 0 Å². The lowest BCUT2D eigenvalue weighted by atomic mass is 10.2. The lowest BCUT2D eigenvalue weighted by molar-refractivity contribution is -0.184. The third-order valence-electron chi connectivity index (χ3n) is 3.06. The predicted molar refractivity (Wildman–Crippen MR) is 56.9 cm³/mol. The van der Waals surface area contributed by atoms with E-state index in [9.17, 15) is 4.79 Å². The van der Waals surface area contributed by atoms with Crippen LogP contribution >= 0.6 is 0 Å². The summed E-state index contributed by atoms with van der Waals surface area (Å²) < 4.78 is 16.0. The Kier molecular flexibility index (Phi) is 4.15. The molecule has 92 valence electrons. The van der Waals surface area contributed by atoms with Crippen molar-refractivity contribution in [1.82, 2.24) is 5.32 Å². The zero-order valence-corrected chi connectivity index (χ0v) is 9.61. The summed E-state index contributed by atoms with van der Waals surface area (Å²) in [5.41, 5.74) is 0. The molecule has 2 heterocycles. The van der Waals surface area contributed by atoms with E-state index in [4.69, 9.17) is 9.47 Å². The lowest BCUT2D eigenvalue weighted by Gasteiger charge is -2.25. The second-order valence-corrected chi connectivity index (χ2v) is 4.27. The summed E-state index contributed by atoms with van der Waals surface area (Å²) in [6, 6.07) is -0.224. The Balaban J connectivity index is 1.73. The third-order valence-corrected chi connectivity index (χ3v) is 3.06. The van der Waals surface area contributed by atoms with E-state index in [0.717, 1.165) is 25.9 Å². The van der Waals surface area contributed by atoms with Crippen LogP contribution in [-0.4, -0.2) is 44.7 Å². The Morgan fingerprint density at radius 1 is 1.44 bits per heavy atom. The smallest absolute Gasteiger partial charge is 0.322 e. The van der Waals surface area contributed by atoms with Crippen LogP contribution in [0.4, 0.5) is 0 Å². The number of esters is 1. The van der Waals surface area contributed by atoms with Crippen LogP contribution in [0.25, 0.3) is 0 Å². The monoisotopic (exact) mass is 229 g/mol. The molecule has 1 N–H and O–H groups in total. The molecule has 5 heteroatoms. The maximum atomic E-state index is 11.3. The van der Waals surface area contributed by atoms with E-state index in [1.807, 2.05) is 0 Å². The van der Waals surface area contributed by atoms with E-state index in [0.29, 0.717) is 13.0 Å². The molecular formula is C11H19NO4. The number of ether oxygens (including phenoxy) is 3.